The summed E-state index contributed by atoms with van der Waals surface area (Å²) >= 11 is 0. The summed E-state index contributed by atoms with van der Waals surface area (Å²) in [7, 11) is 1.55. The summed E-state index contributed by atoms with van der Waals surface area (Å²) in [5, 5.41) is 7.67. The number of amides is 1. The number of anilines is 1. The van der Waals surface area contributed by atoms with Crippen LogP contribution >= 0.6 is 0 Å². The Morgan fingerprint density at radius 2 is 2.03 bits per heavy atom. The van der Waals surface area contributed by atoms with E-state index in [1.54, 1.807) is 19.2 Å². The summed E-state index contributed by atoms with van der Waals surface area (Å²) in [6.45, 7) is 2.04. The van der Waals surface area contributed by atoms with Crippen molar-refractivity contribution in [1.82, 2.24) is 15.1 Å². The van der Waals surface area contributed by atoms with E-state index in [2.05, 4.69) is 5.32 Å². The van der Waals surface area contributed by atoms with Crippen LogP contribution in [0.3, 0.4) is 0 Å². The third-order valence-corrected chi connectivity index (χ3v) is 5.54. The van der Waals surface area contributed by atoms with Crippen LogP contribution in [0.5, 0.6) is 5.75 Å². The number of aromatic nitrogens is 2. The van der Waals surface area contributed by atoms with E-state index in [0.29, 0.717) is 43.4 Å². The second kappa shape index (κ2) is 9.20. The number of hydrogen-bond acceptors (Lipinski definition) is 6. The minimum atomic E-state index is -0.183. The lowest BCUT2D eigenvalue weighted by Gasteiger charge is -2.10. The fourth-order valence-electron chi connectivity index (χ4n) is 3.80. The monoisotopic (exact) mass is 421 g/mol. The van der Waals surface area contributed by atoms with Crippen LogP contribution in [0, 0.1) is 0 Å². The Morgan fingerprint density at radius 1 is 1.26 bits per heavy atom. The molecule has 1 saturated heterocycles. The SMILES string of the molecule is COc1ccccc1C(=O)NCc1ccc(-c2nn([C@@H]3CCOC3)c(N)c2CN)cc1. The molecule has 0 aliphatic carbocycles. The Kier molecular flexibility index (Phi) is 6.20. The standard InChI is InChI=1S/C23H27N5O3/c1-30-20-5-3-2-4-18(20)23(29)26-13-15-6-8-16(9-7-15)21-19(12-24)22(25)28(27-21)17-10-11-31-14-17/h2-9,17H,10-14,24-25H2,1H3,(H,26,29)/t17-/m1/s1. The quantitative estimate of drug-likeness (QED) is 0.540. The first-order chi connectivity index (χ1) is 15.1. The summed E-state index contributed by atoms with van der Waals surface area (Å²) in [5.41, 5.74) is 16.3. The lowest BCUT2D eigenvalue weighted by atomic mass is 10.1. The second-order valence-electron chi connectivity index (χ2n) is 7.46. The van der Waals surface area contributed by atoms with E-state index >= 15 is 0 Å². The van der Waals surface area contributed by atoms with Gasteiger partial charge in [0, 0.05) is 30.8 Å². The molecule has 162 valence electrons. The van der Waals surface area contributed by atoms with Crippen molar-refractivity contribution >= 4 is 11.7 Å². The van der Waals surface area contributed by atoms with E-state index in [1.807, 2.05) is 41.1 Å². The van der Waals surface area contributed by atoms with Gasteiger partial charge in [-0.25, -0.2) is 4.68 Å². The molecule has 1 fully saturated rings. The van der Waals surface area contributed by atoms with Gasteiger partial charge in [0.2, 0.25) is 0 Å². The number of carbonyl (C=O) groups excluding carboxylic acids is 1. The zero-order valence-corrected chi connectivity index (χ0v) is 17.5. The molecular formula is C23H27N5O3. The minimum Gasteiger partial charge on any atom is -0.496 e. The molecule has 0 radical (unpaired) electrons. The lowest BCUT2D eigenvalue weighted by molar-refractivity contribution is 0.0948. The molecule has 1 atom stereocenters. The van der Waals surface area contributed by atoms with Crippen molar-refractivity contribution in [3.05, 3.63) is 65.2 Å². The van der Waals surface area contributed by atoms with Crippen molar-refractivity contribution in [2.45, 2.75) is 25.6 Å². The summed E-state index contributed by atoms with van der Waals surface area (Å²) in [6.07, 6.45) is 0.889. The molecule has 3 aromatic rings. The number of methoxy groups -OCH3 is 1. The highest BCUT2D eigenvalue weighted by Gasteiger charge is 2.24. The number of nitrogen functional groups attached to an aromatic ring is 1. The van der Waals surface area contributed by atoms with Crippen molar-refractivity contribution in [1.29, 1.82) is 0 Å². The number of nitrogens with one attached hydrogen (secondary N) is 1. The number of nitrogens with zero attached hydrogens (tertiary/aromatic N) is 2. The zero-order chi connectivity index (χ0) is 21.8. The molecule has 0 bridgehead atoms. The molecule has 0 spiro atoms. The first-order valence-corrected chi connectivity index (χ1v) is 10.3. The molecule has 8 heteroatoms. The number of para-hydroxylation sites is 1. The predicted octanol–water partition coefficient (Wildman–Crippen LogP) is 2.49. The average molecular weight is 422 g/mol. The molecule has 0 unspecified atom stereocenters. The van der Waals surface area contributed by atoms with Crippen LogP contribution in [0.25, 0.3) is 11.3 Å². The number of nitrogens with two attached hydrogens (primary N) is 2. The molecule has 8 nitrogen and oxygen atoms in total. The summed E-state index contributed by atoms with van der Waals surface area (Å²) in [6, 6.07) is 15.2. The van der Waals surface area contributed by atoms with Crippen molar-refractivity contribution in [3.63, 3.8) is 0 Å². The molecular weight excluding hydrogens is 394 g/mol. The van der Waals surface area contributed by atoms with Crippen LogP contribution in [0.4, 0.5) is 5.82 Å². The van der Waals surface area contributed by atoms with Crippen LogP contribution in [0.1, 0.15) is 33.9 Å². The highest BCUT2D eigenvalue weighted by Crippen LogP contribution is 2.31. The largest absolute Gasteiger partial charge is 0.496 e. The van der Waals surface area contributed by atoms with Crippen molar-refractivity contribution in [3.8, 4) is 17.0 Å². The second-order valence-corrected chi connectivity index (χ2v) is 7.46. The fourth-order valence-corrected chi connectivity index (χ4v) is 3.80. The third kappa shape index (κ3) is 4.26. The van der Waals surface area contributed by atoms with E-state index in [9.17, 15) is 4.79 Å². The van der Waals surface area contributed by atoms with Crippen LogP contribution in [0.2, 0.25) is 0 Å². The van der Waals surface area contributed by atoms with E-state index in [0.717, 1.165) is 28.8 Å². The number of benzene rings is 2. The molecule has 1 aliphatic heterocycles. The predicted molar refractivity (Wildman–Crippen MR) is 119 cm³/mol. The van der Waals surface area contributed by atoms with Gasteiger partial charge in [0.15, 0.2) is 0 Å². The van der Waals surface area contributed by atoms with Crippen molar-refractivity contribution in [2.24, 2.45) is 5.73 Å². The normalized spacial score (nSPS) is 15.7. The number of hydrogen-bond donors (Lipinski definition) is 3. The number of rotatable bonds is 7. The molecule has 31 heavy (non-hydrogen) atoms. The molecule has 1 aromatic heterocycles. The van der Waals surface area contributed by atoms with Gasteiger partial charge in [0.25, 0.3) is 5.91 Å². The molecule has 4 rings (SSSR count). The highest BCUT2D eigenvalue weighted by molar-refractivity contribution is 5.96. The lowest BCUT2D eigenvalue weighted by Crippen LogP contribution is -2.23. The number of carbonyl (C=O) groups is 1. The smallest absolute Gasteiger partial charge is 0.255 e. The highest BCUT2D eigenvalue weighted by atomic mass is 16.5. The minimum absolute atomic E-state index is 0.142. The Bertz CT molecular complexity index is 1060. The molecule has 1 amide bonds. The Morgan fingerprint density at radius 3 is 2.71 bits per heavy atom. The van der Waals surface area contributed by atoms with Crippen LogP contribution < -0.4 is 21.5 Å². The first kappa shape index (κ1) is 20.9. The molecule has 0 saturated carbocycles. The molecule has 5 N–H and O–H groups in total. The zero-order valence-electron chi connectivity index (χ0n) is 17.5. The topological polar surface area (TPSA) is 117 Å². The van der Waals surface area contributed by atoms with Crippen molar-refractivity contribution in [2.75, 3.05) is 26.1 Å². The van der Waals surface area contributed by atoms with Gasteiger partial charge < -0.3 is 26.3 Å². The summed E-state index contributed by atoms with van der Waals surface area (Å²) in [4.78, 5) is 12.5. The Labute approximate surface area is 181 Å². The van der Waals surface area contributed by atoms with Crippen LogP contribution in [-0.2, 0) is 17.8 Å². The van der Waals surface area contributed by atoms with Gasteiger partial charge in [-0.2, -0.15) is 5.10 Å². The van der Waals surface area contributed by atoms with E-state index in [4.69, 9.17) is 26.0 Å². The van der Waals surface area contributed by atoms with Gasteiger partial charge >= 0.3 is 0 Å². The Balaban J connectivity index is 1.48. The van der Waals surface area contributed by atoms with Gasteiger partial charge in [0.05, 0.1) is 31.0 Å². The molecule has 2 heterocycles. The number of ether oxygens (including phenoxy) is 2. The van der Waals surface area contributed by atoms with Gasteiger partial charge in [0.1, 0.15) is 11.6 Å². The maximum atomic E-state index is 12.5. The third-order valence-electron chi connectivity index (χ3n) is 5.54. The van der Waals surface area contributed by atoms with Crippen LogP contribution in [-0.4, -0.2) is 36.0 Å². The molecule has 1 aliphatic rings. The van der Waals surface area contributed by atoms with Crippen LogP contribution in [0.15, 0.2) is 48.5 Å². The van der Waals surface area contributed by atoms with E-state index < -0.39 is 0 Å². The van der Waals surface area contributed by atoms with Gasteiger partial charge in [-0.15, -0.1) is 0 Å². The van der Waals surface area contributed by atoms with Crippen molar-refractivity contribution < 1.29 is 14.3 Å². The van der Waals surface area contributed by atoms with Gasteiger partial charge in [-0.3, -0.25) is 4.79 Å². The first-order valence-electron chi connectivity index (χ1n) is 10.3. The summed E-state index contributed by atoms with van der Waals surface area (Å²) < 4.78 is 12.6. The fraction of sp³-hybridized carbons (Fsp3) is 0.304. The Hall–Kier alpha value is -3.36. The molecule has 2 aromatic carbocycles. The van der Waals surface area contributed by atoms with E-state index in [1.165, 1.54) is 0 Å². The van der Waals surface area contributed by atoms with Gasteiger partial charge in [-0.05, 0) is 24.1 Å². The van der Waals surface area contributed by atoms with E-state index in [-0.39, 0.29) is 11.9 Å². The summed E-state index contributed by atoms with van der Waals surface area (Å²) in [5.74, 6) is 0.962. The maximum absolute atomic E-state index is 12.5. The average Bonchev–Trinajstić information content (AvgIpc) is 3.45. The van der Waals surface area contributed by atoms with Gasteiger partial charge in [-0.1, -0.05) is 36.4 Å². The maximum Gasteiger partial charge on any atom is 0.255 e.